The second kappa shape index (κ2) is 9.48. The molecule has 0 spiro atoms. The van der Waals surface area contributed by atoms with E-state index in [2.05, 4.69) is 19.2 Å². The fourth-order valence-corrected chi connectivity index (χ4v) is 2.95. The second-order valence-electron chi connectivity index (χ2n) is 6.36. The van der Waals surface area contributed by atoms with Crippen LogP contribution >= 0.6 is 23.2 Å². The molecule has 1 rings (SSSR count). The highest BCUT2D eigenvalue weighted by Gasteiger charge is 2.25. The predicted molar refractivity (Wildman–Crippen MR) is 95.8 cm³/mol. The molecule has 0 saturated carbocycles. The van der Waals surface area contributed by atoms with E-state index in [4.69, 9.17) is 28.9 Å². The van der Waals surface area contributed by atoms with E-state index in [-0.39, 0.29) is 11.8 Å². The van der Waals surface area contributed by atoms with Crippen molar-refractivity contribution in [1.29, 1.82) is 0 Å². The van der Waals surface area contributed by atoms with Gasteiger partial charge in [0.25, 0.3) is 0 Å². The Morgan fingerprint density at radius 2 is 1.91 bits per heavy atom. The average Bonchev–Trinajstić information content (AvgIpc) is 2.48. The van der Waals surface area contributed by atoms with E-state index in [0.717, 1.165) is 12.0 Å². The maximum atomic E-state index is 12.0. The molecule has 6 heteroatoms. The first-order valence-corrected chi connectivity index (χ1v) is 8.59. The molecule has 4 N–H and O–H groups in total. The molecule has 3 atom stereocenters. The normalized spacial score (nSPS) is 15.3. The number of aliphatic hydroxyl groups is 1. The number of nitrogens with one attached hydrogen (secondary N) is 1. The molecular weight excluding hydrogens is 335 g/mol. The van der Waals surface area contributed by atoms with E-state index < -0.39 is 12.1 Å². The summed E-state index contributed by atoms with van der Waals surface area (Å²) in [6.07, 6.45) is 0.780. The summed E-state index contributed by atoms with van der Waals surface area (Å²) in [6.45, 7) is 4.11. The zero-order valence-electron chi connectivity index (χ0n) is 13.9. The zero-order chi connectivity index (χ0) is 17.6. The molecule has 0 aliphatic carbocycles. The molecule has 1 aromatic carbocycles. The van der Waals surface area contributed by atoms with Crippen LogP contribution in [-0.4, -0.2) is 30.2 Å². The highest BCUT2D eigenvalue weighted by molar-refractivity contribution is 6.42. The maximum absolute atomic E-state index is 12.0. The van der Waals surface area contributed by atoms with Crippen LogP contribution in [0.5, 0.6) is 0 Å². The Bertz CT molecular complexity index is 523. The first kappa shape index (κ1) is 20.2. The summed E-state index contributed by atoms with van der Waals surface area (Å²) in [7, 11) is 1.61. The fraction of sp³-hybridized carbons (Fsp3) is 0.588. The van der Waals surface area contributed by atoms with Crippen molar-refractivity contribution in [3.8, 4) is 0 Å². The van der Waals surface area contributed by atoms with E-state index in [1.165, 1.54) is 0 Å². The lowest BCUT2D eigenvalue weighted by molar-refractivity contribution is -0.126. The second-order valence-corrected chi connectivity index (χ2v) is 7.17. The lowest BCUT2D eigenvalue weighted by Crippen LogP contribution is -2.40. The smallest absolute Gasteiger partial charge is 0.222 e. The van der Waals surface area contributed by atoms with E-state index in [1.807, 2.05) is 6.07 Å². The number of aliphatic hydroxyl groups excluding tert-OH is 1. The summed E-state index contributed by atoms with van der Waals surface area (Å²) in [5.74, 6) is 0.0742. The van der Waals surface area contributed by atoms with Crippen LogP contribution in [0.15, 0.2) is 18.2 Å². The minimum absolute atomic E-state index is 0.0560. The summed E-state index contributed by atoms with van der Waals surface area (Å²) >= 11 is 11.9. The minimum atomic E-state index is -0.759. The highest BCUT2D eigenvalue weighted by Crippen LogP contribution is 2.24. The first-order valence-electron chi connectivity index (χ1n) is 7.83. The number of nitrogens with two attached hydrogens (primary N) is 1. The van der Waals surface area contributed by atoms with Gasteiger partial charge in [0.1, 0.15) is 0 Å². The topological polar surface area (TPSA) is 75.3 Å². The standard InChI is InChI=1S/C17H26Cl2N2O2/c1-10(2)6-12(17(23)21-3)9-16(22)15(20)8-11-4-5-13(18)14(19)7-11/h4-5,7,10,12,15-16,22H,6,8-9,20H2,1-3H3,(H,21,23)/t12-,15?,16+/m1/s1. The van der Waals surface area contributed by atoms with Crippen molar-refractivity contribution in [3.63, 3.8) is 0 Å². The van der Waals surface area contributed by atoms with Crippen LogP contribution in [0.1, 0.15) is 32.3 Å². The molecule has 0 radical (unpaired) electrons. The van der Waals surface area contributed by atoms with Gasteiger partial charge in [-0.25, -0.2) is 0 Å². The largest absolute Gasteiger partial charge is 0.391 e. The summed E-state index contributed by atoms with van der Waals surface area (Å²) < 4.78 is 0. The molecule has 0 bridgehead atoms. The molecule has 0 fully saturated rings. The van der Waals surface area contributed by atoms with Crippen molar-refractivity contribution < 1.29 is 9.90 Å². The average molecular weight is 361 g/mol. The Kier molecular flexibility index (Phi) is 8.34. The third-order valence-corrected chi connectivity index (χ3v) is 4.59. The molecular formula is C17H26Cl2N2O2. The zero-order valence-corrected chi connectivity index (χ0v) is 15.4. The monoisotopic (exact) mass is 360 g/mol. The Hall–Kier alpha value is -0.810. The van der Waals surface area contributed by atoms with Crippen LogP contribution in [0.2, 0.25) is 10.0 Å². The van der Waals surface area contributed by atoms with E-state index in [9.17, 15) is 9.90 Å². The Balaban J connectivity index is 2.68. The van der Waals surface area contributed by atoms with Gasteiger partial charge < -0.3 is 16.2 Å². The van der Waals surface area contributed by atoms with E-state index in [1.54, 1.807) is 19.2 Å². The first-order chi connectivity index (χ1) is 10.7. The number of hydrogen-bond donors (Lipinski definition) is 3. The van der Waals surface area contributed by atoms with E-state index >= 15 is 0 Å². The van der Waals surface area contributed by atoms with Gasteiger partial charge in [-0.15, -0.1) is 0 Å². The third kappa shape index (κ3) is 6.68. The van der Waals surface area contributed by atoms with Gasteiger partial charge in [0.2, 0.25) is 5.91 Å². The molecule has 1 amide bonds. The SMILES string of the molecule is CNC(=O)[C@H](CC(C)C)C[C@H](O)C(N)Cc1ccc(Cl)c(Cl)c1. The number of benzene rings is 1. The molecule has 0 aromatic heterocycles. The van der Waals surface area contributed by atoms with Crippen molar-refractivity contribution in [2.45, 2.75) is 45.3 Å². The molecule has 23 heavy (non-hydrogen) atoms. The van der Waals surface area contributed by atoms with Gasteiger partial charge in [-0.05, 0) is 42.9 Å². The van der Waals surface area contributed by atoms with Crippen molar-refractivity contribution >= 4 is 29.1 Å². The van der Waals surface area contributed by atoms with Crippen molar-refractivity contribution in [1.82, 2.24) is 5.32 Å². The summed E-state index contributed by atoms with van der Waals surface area (Å²) in [5, 5.41) is 14.0. The van der Waals surface area contributed by atoms with Crippen molar-refractivity contribution in [2.75, 3.05) is 7.05 Å². The van der Waals surface area contributed by atoms with Crippen LogP contribution in [-0.2, 0) is 11.2 Å². The Morgan fingerprint density at radius 1 is 1.26 bits per heavy atom. The number of halogens is 2. The fourth-order valence-electron chi connectivity index (χ4n) is 2.62. The van der Waals surface area contributed by atoms with Crippen molar-refractivity contribution in [2.24, 2.45) is 17.6 Å². The summed E-state index contributed by atoms with van der Waals surface area (Å²) in [5.41, 5.74) is 7.01. The lowest BCUT2D eigenvalue weighted by Gasteiger charge is -2.24. The molecule has 1 unspecified atom stereocenters. The summed E-state index contributed by atoms with van der Waals surface area (Å²) in [4.78, 5) is 12.0. The molecule has 0 heterocycles. The molecule has 1 aromatic rings. The van der Waals surface area contributed by atoms with Gasteiger partial charge in [-0.2, -0.15) is 0 Å². The van der Waals surface area contributed by atoms with Crippen molar-refractivity contribution in [3.05, 3.63) is 33.8 Å². The van der Waals surface area contributed by atoms with Crippen LogP contribution in [0.3, 0.4) is 0 Å². The van der Waals surface area contributed by atoms with E-state index in [0.29, 0.717) is 28.8 Å². The molecule has 0 aliphatic heterocycles. The van der Waals surface area contributed by atoms with Gasteiger partial charge in [0, 0.05) is 19.0 Å². The number of rotatable bonds is 8. The highest BCUT2D eigenvalue weighted by atomic mass is 35.5. The molecule has 0 saturated heterocycles. The lowest BCUT2D eigenvalue weighted by atomic mass is 9.88. The van der Waals surface area contributed by atoms with Crippen LogP contribution in [0, 0.1) is 11.8 Å². The van der Waals surface area contributed by atoms with Crippen LogP contribution in [0.4, 0.5) is 0 Å². The molecule has 130 valence electrons. The van der Waals surface area contributed by atoms with Gasteiger partial charge in [0.15, 0.2) is 0 Å². The summed E-state index contributed by atoms with van der Waals surface area (Å²) in [6, 6.07) is 4.84. The number of carbonyl (C=O) groups is 1. The molecule has 0 aliphatic rings. The maximum Gasteiger partial charge on any atom is 0.222 e. The number of carbonyl (C=O) groups excluding carboxylic acids is 1. The minimum Gasteiger partial charge on any atom is -0.391 e. The molecule has 4 nitrogen and oxygen atoms in total. The Morgan fingerprint density at radius 3 is 2.43 bits per heavy atom. The number of amides is 1. The predicted octanol–water partition coefficient (Wildman–Crippen LogP) is 3.02. The van der Waals surface area contributed by atoms with Gasteiger partial charge in [-0.1, -0.05) is 43.1 Å². The van der Waals surface area contributed by atoms with Gasteiger partial charge >= 0.3 is 0 Å². The van der Waals surface area contributed by atoms with Gasteiger partial charge in [0.05, 0.1) is 16.1 Å². The van der Waals surface area contributed by atoms with Gasteiger partial charge in [-0.3, -0.25) is 4.79 Å². The number of hydrogen-bond acceptors (Lipinski definition) is 3. The van der Waals surface area contributed by atoms with Crippen LogP contribution in [0.25, 0.3) is 0 Å². The third-order valence-electron chi connectivity index (χ3n) is 3.85. The van der Waals surface area contributed by atoms with Crippen LogP contribution < -0.4 is 11.1 Å². The quantitative estimate of drug-likeness (QED) is 0.666. The Labute approximate surface area is 148 Å².